The van der Waals surface area contributed by atoms with Crippen molar-refractivity contribution in [3.8, 4) is 6.07 Å². The lowest BCUT2D eigenvalue weighted by Gasteiger charge is -2.12. The Balaban J connectivity index is 3.13. The summed E-state index contributed by atoms with van der Waals surface area (Å²) in [6.45, 7) is 7.20. The molecule has 32 heavy (non-hydrogen) atoms. The van der Waals surface area contributed by atoms with Crippen molar-refractivity contribution in [2.24, 2.45) is 11.8 Å². The number of nitrogens with zero attached hydrogens (tertiary/aromatic N) is 1. The molecule has 0 spiro atoms. The Kier molecular flexibility index (Phi) is 26.3. The maximum absolute atomic E-state index is 8.52. The molecule has 0 aromatic carbocycles. The van der Waals surface area contributed by atoms with Crippen LogP contribution in [0.15, 0.2) is 0 Å². The molecule has 0 saturated carbocycles. The summed E-state index contributed by atoms with van der Waals surface area (Å²) >= 11 is 0. The zero-order chi connectivity index (χ0) is 23.5. The monoisotopic (exact) mass is 447 g/mol. The van der Waals surface area contributed by atoms with Gasteiger partial charge in [0, 0.05) is 6.42 Å². The van der Waals surface area contributed by atoms with Gasteiger partial charge in [-0.2, -0.15) is 5.26 Å². The fraction of sp³-hybridized carbons (Fsp3) is 0.968. The zero-order valence-electron chi connectivity index (χ0n) is 22.8. The molecule has 0 fully saturated rings. The molecule has 0 saturated heterocycles. The minimum atomic E-state index is 0.748. The molecular weight excluding hydrogens is 386 g/mol. The molecule has 0 aliphatic heterocycles. The van der Waals surface area contributed by atoms with Crippen LogP contribution in [0, 0.1) is 23.2 Å². The van der Waals surface area contributed by atoms with E-state index in [2.05, 4.69) is 26.8 Å². The van der Waals surface area contributed by atoms with Gasteiger partial charge in [-0.25, -0.2) is 0 Å². The van der Waals surface area contributed by atoms with E-state index in [0.717, 1.165) is 24.7 Å². The Labute approximate surface area is 204 Å². The Morgan fingerprint density at radius 1 is 0.438 bits per heavy atom. The maximum Gasteiger partial charge on any atom is 0.0621 e. The molecule has 0 bridgehead atoms. The highest BCUT2D eigenvalue weighted by Gasteiger charge is 2.03. The van der Waals surface area contributed by atoms with Crippen molar-refractivity contribution in [2.45, 2.75) is 181 Å². The third-order valence-corrected chi connectivity index (χ3v) is 7.58. The summed E-state index contributed by atoms with van der Waals surface area (Å²) in [7, 11) is 0. The fourth-order valence-electron chi connectivity index (χ4n) is 4.86. The highest BCUT2D eigenvalue weighted by Crippen LogP contribution is 2.20. The number of rotatable bonds is 26. The Morgan fingerprint density at radius 3 is 1.06 bits per heavy atom. The molecule has 0 rings (SSSR count). The molecule has 2 unspecified atom stereocenters. The van der Waals surface area contributed by atoms with Crippen LogP contribution in [0.25, 0.3) is 0 Å². The van der Waals surface area contributed by atoms with Crippen molar-refractivity contribution < 1.29 is 0 Å². The largest absolute Gasteiger partial charge is 0.198 e. The first-order valence-corrected chi connectivity index (χ1v) is 15.1. The van der Waals surface area contributed by atoms with Crippen LogP contribution in [0.4, 0.5) is 0 Å². The van der Waals surface area contributed by atoms with Gasteiger partial charge in [0.15, 0.2) is 0 Å². The first-order chi connectivity index (χ1) is 15.7. The molecule has 0 aromatic rings. The van der Waals surface area contributed by atoms with Gasteiger partial charge < -0.3 is 0 Å². The first kappa shape index (κ1) is 31.5. The smallest absolute Gasteiger partial charge is 0.0621 e. The van der Waals surface area contributed by atoms with E-state index >= 15 is 0 Å². The predicted molar refractivity (Wildman–Crippen MR) is 145 cm³/mol. The molecule has 0 aromatic heterocycles. The van der Waals surface area contributed by atoms with Crippen molar-refractivity contribution in [1.82, 2.24) is 0 Å². The fourth-order valence-corrected chi connectivity index (χ4v) is 4.86. The number of nitriles is 1. The minimum absolute atomic E-state index is 0.748. The van der Waals surface area contributed by atoms with Crippen LogP contribution in [-0.4, -0.2) is 0 Å². The summed E-state index contributed by atoms with van der Waals surface area (Å²) in [5, 5.41) is 8.52. The standard InChI is InChI=1S/C31H61N/c1-4-30(2)26-23-21-24-28-31(3)27-22-19-17-15-13-11-9-7-5-6-8-10-12-14-16-18-20-25-29-32/h30-31H,4-28H2,1-3H3. The van der Waals surface area contributed by atoms with Crippen molar-refractivity contribution >= 4 is 0 Å². The van der Waals surface area contributed by atoms with Crippen LogP contribution in [-0.2, 0) is 0 Å². The van der Waals surface area contributed by atoms with Crippen molar-refractivity contribution in [1.29, 1.82) is 5.26 Å². The second kappa shape index (κ2) is 26.7. The SMILES string of the molecule is CCC(C)CCCCCC(C)CCCCCCCCCCCCCCCCCCCC#N. The van der Waals surface area contributed by atoms with E-state index in [-0.39, 0.29) is 0 Å². The third-order valence-electron chi connectivity index (χ3n) is 7.58. The molecule has 190 valence electrons. The average molecular weight is 448 g/mol. The molecule has 1 nitrogen and oxygen atoms in total. The summed E-state index contributed by atoms with van der Waals surface area (Å²) in [6, 6.07) is 2.24. The molecule has 2 atom stereocenters. The maximum atomic E-state index is 8.52. The van der Waals surface area contributed by atoms with Gasteiger partial charge in [-0.3, -0.25) is 0 Å². The van der Waals surface area contributed by atoms with Crippen molar-refractivity contribution in [3.05, 3.63) is 0 Å². The first-order valence-electron chi connectivity index (χ1n) is 15.1. The molecular formula is C31H61N. The van der Waals surface area contributed by atoms with E-state index < -0.39 is 0 Å². The van der Waals surface area contributed by atoms with Crippen LogP contribution < -0.4 is 0 Å². The van der Waals surface area contributed by atoms with E-state index in [1.165, 1.54) is 148 Å². The highest BCUT2D eigenvalue weighted by molar-refractivity contribution is 4.67. The molecule has 0 aliphatic rings. The normalized spacial score (nSPS) is 13.2. The zero-order valence-corrected chi connectivity index (χ0v) is 22.8. The van der Waals surface area contributed by atoms with Gasteiger partial charge in [-0.05, 0) is 18.3 Å². The number of hydrogen-bond donors (Lipinski definition) is 0. The van der Waals surface area contributed by atoms with Gasteiger partial charge in [0.2, 0.25) is 0 Å². The van der Waals surface area contributed by atoms with Crippen LogP contribution in [0.2, 0.25) is 0 Å². The third kappa shape index (κ3) is 25.7. The van der Waals surface area contributed by atoms with Crippen LogP contribution in [0.5, 0.6) is 0 Å². The second-order valence-corrected chi connectivity index (χ2v) is 11.0. The Morgan fingerprint density at radius 2 is 0.719 bits per heavy atom. The van der Waals surface area contributed by atoms with E-state index in [4.69, 9.17) is 5.26 Å². The summed E-state index contributed by atoms with van der Waals surface area (Å²) in [5.41, 5.74) is 0. The molecule has 0 heterocycles. The average Bonchev–Trinajstić information content (AvgIpc) is 2.80. The van der Waals surface area contributed by atoms with Gasteiger partial charge in [0.1, 0.15) is 0 Å². The lowest BCUT2D eigenvalue weighted by Crippen LogP contribution is -1.96. The van der Waals surface area contributed by atoms with E-state index in [0.29, 0.717) is 0 Å². The number of hydrogen-bond acceptors (Lipinski definition) is 1. The lowest BCUT2D eigenvalue weighted by atomic mass is 9.94. The quantitative estimate of drug-likeness (QED) is 0.121. The van der Waals surface area contributed by atoms with Gasteiger partial charge >= 0.3 is 0 Å². The van der Waals surface area contributed by atoms with Crippen LogP contribution in [0.3, 0.4) is 0 Å². The summed E-state index contributed by atoms with van der Waals surface area (Å²) in [4.78, 5) is 0. The van der Waals surface area contributed by atoms with E-state index in [9.17, 15) is 0 Å². The lowest BCUT2D eigenvalue weighted by molar-refractivity contribution is 0.418. The molecule has 1 heteroatoms. The second-order valence-electron chi connectivity index (χ2n) is 11.0. The minimum Gasteiger partial charge on any atom is -0.198 e. The van der Waals surface area contributed by atoms with Gasteiger partial charge in [-0.15, -0.1) is 0 Å². The van der Waals surface area contributed by atoms with Crippen LogP contribution in [0.1, 0.15) is 181 Å². The van der Waals surface area contributed by atoms with E-state index in [1.807, 2.05) is 0 Å². The number of unbranched alkanes of at least 4 members (excludes halogenated alkanes) is 19. The summed E-state index contributed by atoms with van der Waals surface area (Å²) in [5.74, 6) is 1.89. The van der Waals surface area contributed by atoms with Gasteiger partial charge in [0.05, 0.1) is 6.07 Å². The van der Waals surface area contributed by atoms with E-state index in [1.54, 1.807) is 0 Å². The summed E-state index contributed by atoms with van der Waals surface area (Å²) in [6.07, 6.45) is 34.8. The Hall–Kier alpha value is -0.510. The van der Waals surface area contributed by atoms with Gasteiger partial charge in [-0.1, -0.05) is 168 Å². The summed E-state index contributed by atoms with van der Waals surface area (Å²) < 4.78 is 0. The van der Waals surface area contributed by atoms with Crippen molar-refractivity contribution in [2.75, 3.05) is 0 Å². The molecule has 0 radical (unpaired) electrons. The topological polar surface area (TPSA) is 23.8 Å². The Bertz CT molecular complexity index is 382. The molecule has 0 aliphatic carbocycles. The molecule has 0 N–H and O–H groups in total. The van der Waals surface area contributed by atoms with Gasteiger partial charge in [0.25, 0.3) is 0 Å². The predicted octanol–water partition coefficient (Wildman–Crippen LogP) is 11.6. The van der Waals surface area contributed by atoms with Crippen molar-refractivity contribution in [3.63, 3.8) is 0 Å². The highest BCUT2D eigenvalue weighted by atomic mass is 14.2. The van der Waals surface area contributed by atoms with Crippen LogP contribution >= 0.6 is 0 Å². The molecule has 0 amide bonds.